The molecule has 0 radical (unpaired) electrons. The Balaban J connectivity index is 1.97. The number of hydrogen-bond donors (Lipinski definition) is 1. The number of nitrogens with zero attached hydrogens (tertiary/aromatic N) is 1. The Bertz CT molecular complexity index is 349. The highest BCUT2D eigenvalue weighted by Crippen LogP contribution is 2.23. The molecular formula is C16H26N2O. The lowest BCUT2D eigenvalue weighted by Gasteiger charge is -2.33. The molecule has 1 fully saturated rings. The van der Waals surface area contributed by atoms with Gasteiger partial charge in [0.05, 0.1) is 0 Å². The van der Waals surface area contributed by atoms with Crippen molar-refractivity contribution in [3.8, 4) is 0 Å². The third-order valence-electron chi connectivity index (χ3n) is 4.00. The Morgan fingerprint density at radius 2 is 1.95 bits per heavy atom. The third-order valence-corrected chi connectivity index (χ3v) is 4.00. The maximum atomic E-state index is 5.44. The van der Waals surface area contributed by atoms with E-state index in [2.05, 4.69) is 47.6 Å². The molecule has 0 bridgehead atoms. The van der Waals surface area contributed by atoms with Crippen molar-refractivity contribution in [2.24, 2.45) is 5.92 Å². The van der Waals surface area contributed by atoms with Crippen molar-refractivity contribution in [1.29, 1.82) is 0 Å². The van der Waals surface area contributed by atoms with Crippen molar-refractivity contribution in [1.82, 2.24) is 10.2 Å². The number of nitrogens with one attached hydrogen (secondary N) is 1. The van der Waals surface area contributed by atoms with E-state index < -0.39 is 0 Å². The number of rotatable bonds is 6. The van der Waals surface area contributed by atoms with E-state index in [4.69, 9.17) is 4.74 Å². The summed E-state index contributed by atoms with van der Waals surface area (Å²) in [6, 6.07) is 11.2. The number of hydrogen-bond acceptors (Lipinski definition) is 3. The summed E-state index contributed by atoms with van der Waals surface area (Å²) in [6.45, 7) is 4.01. The van der Waals surface area contributed by atoms with Gasteiger partial charge in [-0.3, -0.25) is 4.90 Å². The first-order valence-corrected chi connectivity index (χ1v) is 7.28. The first-order valence-electron chi connectivity index (χ1n) is 7.28. The average molecular weight is 262 g/mol. The molecule has 0 spiro atoms. The molecule has 1 unspecified atom stereocenters. The third kappa shape index (κ3) is 4.30. The van der Waals surface area contributed by atoms with Crippen LogP contribution in [0, 0.1) is 5.92 Å². The van der Waals surface area contributed by atoms with Crippen LogP contribution in [0.5, 0.6) is 0 Å². The molecule has 1 heterocycles. The molecule has 0 aromatic heterocycles. The van der Waals surface area contributed by atoms with Gasteiger partial charge < -0.3 is 10.1 Å². The summed E-state index contributed by atoms with van der Waals surface area (Å²) >= 11 is 0. The van der Waals surface area contributed by atoms with Gasteiger partial charge in [-0.15, -0.1) is 0 Å². The van der Waals surface area contributed by atoms with Gasteiger partial charge in [0.25, 0.3) is 0 Å². The molecule has 19 heavy (non-hydrogen) atoms. The first-order chi connectivity index (χ1) is 9.31. The van der Waals surface area contributed by atoms with Gasteiger partial charge >= 0.3 is 0 Å². The summed E-state index contributed by atoms with van der Waals surface area (Å²) < 4.78 is 5.44. The summed E-state index contributed by atoms with van der Waals surface area (Å²) in [7, 11) is 4.27. The van der Waals surface area contributed by atoms with Crippen molar-refractivity contribution in [3.63, 3.8) is 0 Å². The fourth-order valence-corrected chi connectivity index (χ4v) is 2.86. The summed E-state index contributed by atoms with van der Waals surface area (Å²) in [5, 5.41) is 3.32. The minimum Gasteiger partial charge on any atom is -0.381 e. The lowest BCUT2D eigenvalue weighted by atomic mass is 9.98. The Morgan fingerprint density at radius 3 is 2.58 bits per heavy atom. The topological polar surface area (TPSA) is 24.5 Å². The standard InChI is InChI=1S/C16H26N2O/c1-17-12-16(15-6-4-3-5-7-15)18(2)13-14-8-10-19-11-9-14/h3-7,14,16-17H,8-13H2,1-2H3. The van der Waals surface area contributed by atoms with Crippen LogP contribution < -0.4 is 5.32 Å². The highest BCUT2D eigenvalue weighted by atomic mass is 16.5. The summed E-state index contributed by atoms with van der Waals surface area (Å²) in [5.41, 5.74) is 1.39. The van der Waals surface area contributed by atoms with E-state index in [1.807, 2.05) is 7.05 Å². The van der Waals surface area contributed by atoms with Crippen LogP contribution in [0.1, 0.15) is 24.4 Å². The largest absolute Gasteiger partial charge is 0.381 e. The summed E-state index contributed by atoms with van der Waals surface area (Å²) in [4.78, 5) is 2.49. The highest BCUT2D eigenvalue weighted by Gasteiger charge is 2.21. The molecule has 1 aliphatic rings. The van der Waals surface area contributed by atoms with Crippen LogP contribution in [0.25, 0.3) is 0 Å². The Kier molecular flexibility index (Phi) is 5.83. The lowest BCUT2D eigenvalue weighted by molar-refractivity contribution is 0.0503. The van der Waals surface area contributed by atoms with Crippen molar-refractivity contribution < 1.29 is 4.74 Å². The molecule has 0 saturated carbocycles. The van der Waals surface area contributed by atoms with Crippen molar-refractivity contribution in [2.75, 3.05) is 40.4 Å². The van der Waals surface area contributed by atoms with Gasteiger partial charge in [0.1, 0.15) is 0 Å². The Morgan fingerprint density at radius 1 is 1.26 bits per heavy atom. The molecule has 1 atom stereocenters. The molecule has 106 valence electrons. The Labute approximate surface area is 116 Å². The van der Waals surface area contributed by atoms with Crippen LogP contribution >= 0.6 is 0 Å². The van der Waals surface area contributed by atoms with Crippen molar-refractivity contribution >= 4 is 0 Å². The minimum absolute atomic E-state index is 0.453. The van der Waals surface area contributed by atoms with Gasteiger partial charge in [0, 0.05) is 32.3 Å². The van der Waals surface area contributed by atoms with E-state index >= 15 is 0 Å². The minimum atomic E-state index is 0.453. The van der Waals surface area contributed by atoms with E-state index in [1.165, 1.54) is 18.4 Å². The monoisotopic (exact) mass is 262 g/mol. The fraction of sp³-hybridized carbons (Fsp3) is 0.625. The SMILES string of the molecule is CNCC(c1ccccc1)N(C)CC1CCOCC1. The van der Waals surface area contributed by atoms with Crippen LogP contribution in [0.15, 0.2) is 30.3 Å². The zero-order chi connectivity index (χ0) is 13.5. The second-order valence-corrected chi connectivity index (χ2v) is 5.48. The highest BCUT2D eigenvalue weighted by molar-refractivity contribution is 5.19. The first kappa shape index (κ1) is 14.5. The molecule has 2 rings (SSSR count). The second-order valence-electron chi connectivity index (χ2n) is 5.48. The fourth-order valence-electron chi connectivity index (χ4n) is 2.86. The zero-order valence-corrected chi connectivity index (χ0v) is 12.1. The Hall–Kier alpha value is -0.900. The van der Waals surface area contributed by atoms with Crippen LogP contribution in [-0.4, -0.2) is 45.3 Å². The molecule has 0 aliphatic carbocycles. The quantitative estimate of drug-likeness (QED) is 0.851. The second kappa shape index (κ2) is 7.63. The molecule has 0 amide bonds. The van der Waals surface area contributed by atoms with Crippen molar-refractivity contribution in [2.45, 2.75) is 18.9 Å². The van der Waals surface area contributed by atoms with Gasteiger partial charge in [-0.2, -0.15) is 0 Å². The van der Waals surface area contributed by atoms with Gasteiger partial charge in [-0.25, -0.2) is 0 Å². The van der Waals surface area contributed by atoms with Crippen molar-refractivity contribution in [3.05, 3.63) is 35.9 Å². The smallest absolute Gasteiger partial charge is 0.0469 e. The van der Waals surface area contributed by atoms with Crippen LogP contribution in [0.3, 0.4) is 0 Å². The van der Waals surface area contributed by atoms with Gasteiger partial charge in [0.2, 0.25) is 0 Å². The van der Waals surface area contributed by atoms with E-state index in [1.54, 1.807) is 0 Å². The predicted molar refractivity (Wildman–Crippen MR) is 79.3 cm³/mol. The summed E-state index contributed by atoms with van der Waals surface area (Å²) in [6.07, 6.45) is 2.40. The van der Waals surface area contributed by atoms with Gasteiger partial charge in [-0.1, -0.05) is 30.3 Å². The van der Waals surface area contributed by atoms with Crippen LogP contribution in [-0.2, 0) is 4.74 Å². The van der Waals surface area contributed by atoms with E-state index in [-0.39, 0.29) is 0 Å². The molecule has 3 nitrogen and oxygen atoms in total. The predicted octanol–water partition coefficient (Wildman–Crippen LogP) is 2.31. The van der Waals surface area contributed by atoms with Crippen LogP contribution in [0.4, 0.5) is 0 Å². The molecular weight excluding hydrogens is 236 g/mol. The molecule has 1 aliphatic heterocycles. The maximum Gasteiger partial charge on any atom is 0.0469 e. The lowest BCUT2D eigenvalue weighted by Crippen LogP contribution is -2.36. The van der Waals surface area contributed by atoms with Crippen LogP contribution in [0.2, 0.25) is 0 Å². The number of ether oxygens (including phenoxy) is 1. The molecule has 1 N–H and O–H groups in total. The molecule has 1 aromatic carbocycles. The number of benzene rings is 1. The normalized spacial score (nSPS) is 18.7. The van der Waals surface area contributed by atoms with E-state index in [0.29, 0.717) is 6.04 Å². The van der Waals surface area contributed by atoms with E-state index in [9.17, 15) is 0 Å². The van der Waals surface area contributed by atoms with Gasteiger partial charge in [0.15, 0.2) is 0 Å². The maximum absolute atomic E-state index is 5.44. The molecule has 1 saturated heterocycles. The molecule has 1 aromatic rings. The zero-order valence-electron chi connectivity index (χ0n) is 12.1. The summed E-state index contributed by atoms with van der Waals surface area (Å²) in [5.74, 6) is 0.779. The van der Waals surface area contributed by atoms with Gasteiger partial charge in [-0.05, 0) is 38.4 Å². The van der Waals surface area contributed by atoms with E-state index in [0.717, 1.165) is 32.2 Å². The number of likely N-dealkylation sites (N-methyl/N-ethyl adjacent to an activating group) is 2. The molecule has 3 heteroatoms. The average Bonchev–Trinajstić information content (AvgIpc) is 2.46.